The smallest absolute Gasteiger partial charge is 0.472 e. The van der Waals surface area contributed by atoms with Crippen LogP contribution in [0.4, 0.5) is 0 Å². The number of nitrogens with one attached hydrogen (secondary N) is 3. The summed E-state index contributed by atoms with van der Waals surface area (Å²) in [7, 11) is 9.02. The van der Waals surface area contributed by atoms with Crippen molar-refractivity contribution in [1.29, 1.82) is 0 Å². The highest BCUT2D eigenvalue weighted by molar-refractivity contribution is 8.22. The number of thiocarbonyl (C=S) groups is 4. The van der Waals surface area contributed by atoms with E-state index < -0.39 is 35.2 Å². The summed E-state index contributed by atoms with van der Waals surface area (Å²) in [5.41, 5.74) is 16.5. The molecule has 0 aromatic rings. The Morgan fingerprint density at radius 2 is 0.660 bits per heavy atom. The highest BCUT2D eigenvalue weighted by Crippen LogP contribution is 2.22. The largest absolute Gasteiger partial charge is 0.500 e. The van der Waals surface area contributed by atoms with Crippen molar-refractivity contribution in [3.63, 3.8) is 0 Å². The predicted molar refractivity (Wildman–Crippen MR) is 430 cm³/mol. The number of rotatable bonds is 57. The van der Waals surface area contributed by atoms with Gasteiger partial charge in [-0.25, -0.2) is 0 Å². The Hall–Kier alpha value is 0.348. The van der Waals surface area contributed by atoms with Gasteiger partial charge in [0.2, 0.25) is 4.38 Å². The van der Waals surface area contributed by atoms with Crippen molar-refractivity contribution >= 4 is 154 Å². The third kappa shape index (κ3) is 55.7. The first-order chi connectivity index (χ1) is 47.1. The average molecular weight is 1660 g/mol. The summed E-state index contributed by atoms with van der Waals surface area (Å²) in [6, 6.07) is 2.83. The van der Waals surface area contributed by atoms with Gasteiger partial charge in [-0.3, -0.25) is 0 Å². The van der Waals surface area contributed by atoms with Crippen LogP contribution in [0.5, 0.6) is 0 Å². The van der Waals surface area contributed by atoms with Gasteiger partial charge in [-0.2, -0.15) is 37.9 Å². The number of hydrogen-bond donors (Lipinski definition) is 9. The summed E-state index contributed by atoms with van der Waals surface area (Å²) < 4.78 is 127. The van der Waals surface area contributed by atoms with Gasteiger partial charge in [0, 0.05) is 177 Å². The van der Waals surface area contributed by atoms with Crippen LogP contribution in [0.2, 0.25) is 24.2 Å². The van der Waals surface area contributed by atoms with E-state index in [-0.39, 0.29) is 78.4 Å². The molecule has 9 N–H and O–H groups in total. The molecule has 10 atom stereocenters. The molecule has 0 aliphatic carbocycles. The lowest BCUT2D eigenvalue weighted by atomic mass is 10.3. The fraction of sp³-hybridized carbons (Fsp3) is 0.932. The molecule has 29 nitrogen and oxygen atoms in total. The van der Waals surface area contributed by atoms with E-state index in [2.05, 4.69) is 53.8 Å². The second kappa shape index (κ2) is 67.5. The molecule has 0 radical (unpaired) electrons. The summed E-state index contributed by atoms with van der Waals surface area (Å²) in [5.74, 6) is 2.27. The number of thioether (sulfide) groups is 1. The third-order valence-electron chi connectivity index (χ3n) is 13.5. The van der Waals surface area contributed by atoms with E-state index in [1.165, 1.54) is 0 Å². The molecular formula is C59H132N6O23S8Si4. The first-order valence-corrected chi connectivity index (χ1v) is 44.9. The summed E-state index contributed by atoms with van der Waals surface area (Å²) in [4.78, 5) is 0. The van der Waals surface area contributed by atoms with Crippen LogP contribution in [0, 0.1) is 0 Å². The Morgan fingerprint density at radius 1 is 0.420 bits per heavy atom. The van der Waals surface area contributed by atoms with Crippen LogP contribution in [0.25, 0.3) is 0 Å². The maximum absolute atomic E-state index is 5.83. The van der Waals surface area contributed by atoms with Crippen LogP contribution in [0.3, 0.4) is 0 Å². The zero-order chi connectivity index (χ0) is 75.6. The van der Waals surface area contributed by atoms with E-state index in [9.17, 15) is 0 Å². The molecule has 1 aliphatic rings. The molecule has 0 saturated carbocycles. The lowest BCUT2D eigenvalue weighted by molar-refractivity contribution is 0.0486. The molecule has 1 heterocycles. The lowest BCUT2D eigenvalue weighted by Crippen LogP contribution is -2.43. The number of nitrogens with two attached hydrogens (primary N) is 3. The van der Waals surface area contributed by atoms with Crippen molar-refractivity contribution in [2.24, 2.45) is 17.2 Å². The molecule has 1 rings (SSSR count). The monoisotopic (exact) mass is 1660 g/mol. The summed E-state index contributed by atoms with van der Waals surface area (Å²) in [5, 5.41) is 10.1. The van der Waals surface area contributed by atoms with E-state index in [4.69, 9.17) is 171 Å². The standard InChI is InChI=1S/C26H56N2O11S4Si2.C16H36N2O6S2Si.C10H20O5S2Si.C6H16N2O.CH4/c1-21(27-25(42)38-23(19-40)17-35-11-9-13-44(29-3,30-4)31-5)15-37-16-22(2)28-26(43)39-24(20-41)18-36-12-10-14-45(32-6,33-7)34-8;1-13(17)9-23-10-14(2)18-16(26)24-15(12-25)11-22-7-6-8-27(19-3,20-4)21-5;1-11-18(12-2,13-3)6-4-5-14-7-9-8-17-10(16)15-9;1-5(7)3-9-4-6(2)8;/h21-24,40-41H,9-20H2,1-8H3,(H,27,42)(H,28,43);13-15,25H,6-12,17H2,1-5H3,(H,18,26);9H,4-8H2,1-3H3;5-6H,3-4,7-8H2,1-2H3;1H4. The zero-order valence-electron chi connectivity index (χ0n) is 62.2. The average Bonchev–Trinajstić information content (AvgIpc) is 1.14. The molecule has 0 spiro atoms. The predicted octanol–water partition coefficient (Wildman–Crippen LogP) is 5.96. The van der Waals surface area contributed by atoms with Crippen LogP contribution in [-0.2, 0) is 105 Å². The molecule has 0 bridgehead atoms. The first-order valence-electron chi connectivity index (χ1n) is 32.6. The molecule has 10 unspecified atom stereocenters. The lowest BCUT2D eigenvalue weighted by Gasteiger charge is -2.24. The van der Waals surface area contributed by atoms with Gasteiger partial charge in [0.05, 0.1) is 84.2 Å². The molecule has 600 valence electrons. The van der Waals surface area contributed by atoms with Gasteiger partial charge in [-0.05, 0) is 116 Å². The zero-order valence-corrected chi connectivity index (χ0v) is 72.9. The fourth-order valence-electron chi connectivity index (χ4n) is 8.04. The van der Waals surface area contributed by atoms with Gasteiger partial charge in [-0.15, -0.1) is 0 Å². The number of hydrogen-bond acceptors (Lipinski definition) is 34. The van der Waals surface area contributed by atoms with Crippen LogP contribution >= 0.6 is 98.5 Å². The minimum absolute atomic E-state index is 0. The molecule has 1 aliphatic heterocycles. The van der Waals surface area contributed by atoms with Crippen molar-refractivity contribution in [3.05, 3.63) is 0 Å². The van der Waals surface area contributed by atoms with E-state index >= 15 is 0 Å². The molecule has 1 fully saturated rings. The van der Waals surface area contributed by atoms with Gasteiger partial charge in [-0.1, -0.05) is 19.2 Å². The number of ether oxygens (including phenoxy) is 11. The topological polar surface area (TPSA) is 326 Å². The maximum Gasteiger partial charge on any atom is 0.500 e. The number of thiol groups is 3. The molecule has 0 aromatic carbocycles. The Labute approximate surface area is 647 Å². The summed E-state index contributed by atoms with van der Waals surface area (Å²) >= 11 is 35.4. The van der Waals surface area contributed by atoms with Crippen LogP contribution in [-0.4, -0.2) is 317 Å². The molecule has 1 saturated heterocycles. The highest BCUT2D eigenvalue weighted by atomic mass is 32.2. The van der Waals surface area contributed by atoms with Crippen molar-refractivity contribution < 1.29 is 105 Å². The van der Waals surface area contributed by atoms with Gasteiger partial charge >= 0.3 is 35.2 Å². The van der Waals surface area contributed by atoms with Crippen molar-refractivity contribution in [3.8, 4) is 0 Å². The van der Waals surface area contributed by atoms with Gasteiger partial charge in [0.1, 0.15) is 24.4 Å². The Kier molecular flexibility index (Phi) is 72.0. The van der Waals surface area contributed by atoms with E-state index in [1.807, 2.05) is 41.5 Å². The van der Waals surface area contributed by atoms with Crippen LogP contribution in [0.1, 0.15) is 74.7 Å². The highest BCUT2D eigenvalue weighted by Gasteiger charge is 2.40. The normalized spacial score (nSPS) is 16.0. The van der Waals surface area contributed by atoms with Crippen LogP contribution < -0.4 is 33.2 Å². The van der Waals surface area contributed by atoms with Gasteiger partial charge in [0.25, 0.3) is 15.5 Å². The fourth-order valence-corrected chi connectivity index (χ4v) is 17.4. The van der Waals surface area contributed by atoms with E-state index in [0.29, 0.717) is 137 Å². The van der Waals surface area contributed by atoms with Gasteiger partial charge in [0.15, 0.2) is 0 Å². The minimum atomic E-state index is -2.60. The van der Waals surface area contributed by atoms with Crippen molar-refractivity contribution in [2.45, 2.75) is 159 Å². The van der Waals surface area contributed by atoms with E-state index in [0.717, 1.165) is 37.5 Å². The second-order valence-electron chi connectivity index (χ2n) is 22.5. The first kappa shape index (κ1) is 107. The Balaban J connectivity index is -0.000000703. The quantitative estimate of drug-likeness (QED) is 0.0147. The Bertz CT molecular complexity index is 1860. The molecular weight excluding hydrogens is 1530 g/mol. The summed E-state index contributed by atoms with van der Waals surface area (Å²) in [6.07, 6.45) is 2.33. The molecule has 0 aromatic heterocycles. The van der Waals surface area contributed by atoms with Gasteiger partial charge < -0.3 is 138 Å². The van der Waals surface area contributed by atoms with Crippen molar-refractivity contribution in [1.82, 2.24) is 16.0 Å². The Morgan fingerprint density at radius 3 is 0.880 bits per heavy atom. The summed E-state index contributed by atoms with van der Waals surface area (Å²) in [6.45, 7) is 18.4. The van der Waals surface area contributed by atoms with Crippen LogP contribution in [0.15, 0.2) is 0 Å². The third-order valence-corrected chi connectivity index (χ3v) is 28.0. The maximum atomic E-state index is 5.83. The van der Waals surface area contributed by atoms with Crippen molar-refractivity contribution in [2.75, 3.05) is 201 Å². The second-order valence-corrected chi connectivity index (χ2v) is 38.7. The molecule has 0 amide bonds. The SMILES string of the molecule is C.CC(N)COCC(C)N.CO[Si](CCCOCC(CS)OC(=S)NC(C)COCC(C)N)(OC)OC.CO[Si](CCCOCC(CS)OC(=S)NC(C)COCC(C)NC(=S)OC(CS)COCCC[Si](OC)(OC)OC)(OC)OC.CO[Si](CCCOCC1CSC(=S)O1)(OC)OC. The minimum Gasteiger partial charge on any atom is -0.472 e. The molecule has 41 heteroatoms. The van der Waals surface area contributed by atoms with E-state index in [1.54, 1.807) is 97.1 Å². The molecule has 100 heavy (non-hydrogen) atoms.